The molecule has 17 heavy (non-hydrogen) atoms. The van der Waals surface area contributed by atoms with Crippen molar-refractivity contribution >= 4 is 5.69 Å². The monoisotopic (exact) mass is 227 g/mol. The molecular formula is C12H13N5. The molecule has 0 aromatic carbocycles. The van der Waals surface area contributed by atoms with E-state index in [0.717, 1.165) is 24.5 Å². The highest BCUT2D eigenvalue weighted by atomic mass is 15.0. The Morgan fingerprint density at radius 3 is 2.88 bits per heavy atom. The minimum atomic E-state index is 0.430. The smallest absolute Gasteiger partial charge is 0.140 e. The molecule has 5 heteroatoms. The fourth-order valence-electron chi connectivity index (χ4n) is 1.52. The summed E-state index contributed by atoms with van der Waals surface area (Å²) in [4.78, 5) is 8.22. The van der Waals surface area contributed by atoms with E-state index in [0.29, 0.717) is 5.69 Å². The second-order valence-electron chi connectivity index (χ2n) is 3.68. The highest BCUT2D eigenvalue weighted by Crippen LogP contribution is 2.05. The van der Waals surface area contributed by atoms with Crippen LogP contribution in [0.5, 0.6) is 0 Å². The summed E-state index contributed by atoms with van der Waals surface area (Å²) < 4.78 is 2.00. The van der Waals surface area contributed by atoms with Crippen LogP contribution in [0.2, 0.25) is 0 Å². The van der Waals surface area contributed by atoms with Crippen LogP contribution < -0.4 is 5.32 Å². The number of hydrogen-bond acceptors (Lipinski definition) is 4. The van der Waals surface area contributed by atoms with E-state index in [4.69, 9.17) is 5.26 Å². The molecule has 86 valence electrons. The zero-order chi connectivity index (χ0) is 12.1. The van der Waals surface area contributed by atoms with E-state index in [1.165, 1.54) is 0 Å². The molecule has 0 bridgehead atoms. The first-order chi connectivity index (χ1) is 8.29. The molecule has 0 aliphatic rings. The van der Waals surface area contributed by atoms with Crippen molar-refractivity contribution in [2.75, 3.05) is 11.9 Å². The van der Waals surface area contributed by atoms with Gasteiger partial charge in [0.1, 0.15) is 17.6 Å². The van der Waals surface area contributed by atoms with Crippen molar-refractivity contribution in [2.24, 2.45) is 7.05 Å². The van der Waals surface area contributed by atoms with E-state index in [9.17, 15) is 0 Å². The number of anilines is 1. The van der Waals surface area contributed by atoms with Crippen molar-refractivity contribution in [1.29, 1.82) is 5.26 Å². The zero-order valence-corrected chi connectivity index (χ0v) is 9.59. The third kappa shape index (κ3) is 2.82. The molecule has 0 saturated heterocycles. The Labute approximate surface area is 99.7 Å². The van der Waals surface area contributed by atoms with Gasteiger partial charge in [0.15, 0.2) is 0 Å². The van der Waals surface area contributed by atoms with Crippen LogP contribution in [0.15, 0.2) is 30.7 Å². The summed E-state index contributed by atoms with van der Waals surface area (Å²) in [6.45, 7) is 0.790. The van der Waals surface area contributed by atoms with Crippen LogP contribution in [0.3, 0.4) is 0 Å². The van der Waals surface area contributed by atoms with E-state index >= 15 is 0 Å². The van der Waals surface area contributed by atoms with Gasteiger partial charge in [-0.2, -0.15) is 5.26 Å². The van der Waals surface area contributed by atoms with Crippen LogP contribution in [-0.4, -0.2) is 21.1 Å². The van der Waals surface area contributed by atoms with Crippen molar-refractivity contribution in [3.05, 3.63) is 42.2 Å². The first-order valence-electron chi connectivity index (χ1n) is 5.36. The molecule has 0 unspecified atom stereocenters. The Morgan fingerprint density at radius 2 is 2.29 bits per heavy atom. The Balaban J connectivity index is 1.86. The molecule has 0 aliphatic heterocycles. The second-order valence-corrected chi connectivity index (χ2v) is 3.68. The summed E-state index contributed by atoms with van der Waals surface area (Å²) in [5, 5.41) is 11.9. The lowest BCUT2D eigenvalue weighted by atomic mass is 10.3. The third-order valence-electron chi connectivity index (χ3n) is 2.48. The van der Waals surface area contributed by atoms with Crippen molar-refractivity contribution < 1.29 is 0 Å². The van der Waals surface area contributed by atoms with Crippen molar-refractivity contribution in [3.8, 4) is 6.07 Å². The SMILES string of the molecule is Cn1ccnc1CCNc1ccc(C#N)nc1. The van der Waals surface area contributed by atoms with Crippen LogP contribution >= 0.6 is 0 Å². The van der Waals surface area contributed by atoms with Crippen molar-refractivity contribution in [2.45, 2.75) is 6.42 Å². The summed E-state index contributed by atoms with van der Waals surface area (Å²) in [5.74, 6) is 1.04. The average molecular weight is 227 g/mol. The molecule has 2 rings (SSSR count). The number of nitriles is 1. The normalized spacial score (nSPS) is 9.88. The maximum atomic E-state index is 8.62. The number of hydrogen-bond donors (Lipinski definition) is 1. The summed E-state index contributed by atoms with van der Waals surface area (Å²) >= 11 is 0. The van der Waals surface area contributed by atoms with Gasteiger partial charge >= 0.3 is 0 Å². The van der Waals surface area contributed by atoms with Crippen molar-refractivity contribution in [1.82, 2.24) is 14.5 Å². The molecule has 0 atom stereocenters. The molecular weight excluding hydrogens is 214 g/mol. The molecule has 1 N–H and O–H groups in total. The topological polar surface area (TPSA) is 66.5 Å². The van der Waals surface area contributed by atoms with Gasteiger partial charge in [-0.25, -0.2) is 9.97 Å². The van der Waals surface area contributed by atoms with Gasteiger partial charge in [0.05, 0.1) is 11.9 Å². The number of aromatic nitrogens is 3. The van der Waals surface area contributed by atoms with Gasteiger partial charge in [-0.3, -0.25) is 0 Å². The van der Waals surface area contributed by atoms with Gasteiger partial charge in [-0.05, 0) is 12.1 Å². The number of nitrogens with one attached hydrogen (secondary N) is 1. The third-order valence-corrected chi connectivity index (χ3v) is 2.48. The minimum Gasteiger partial charge on any atom is -0.383 e. The second kappa shape index (κ2) is 5.12. The van der Waals surface area contributed by atoms with Gasteiger partial charge < -0.3 is 9.88 Å². The van der Waals surface area contributed by atoms with Gasteiger partial charge in [-0.1, -0.05) is 0 Å². The van der Waals surface area contributed by atoms with Gasteiger partial charge in [0, 0.05) is 32.4 Å². The number of pyridine rings is 1. The Morgan fingerprint density at radius 1 is 1.41 bits per heavy atom. The minimum absolute atomic E-state index is 0.430. The van der Waals surface area contributed by atoms with Crippen LogP contribution in [0.4, 0.5) is 5.69 Å². The molecule has 2 aromatic rings. The Bertz CT molecular complexity index is 521. The molecule has 5 nitrogen and oxygen atoms in total. The Kier molecular flexibility index (Phi) is 3.36. The largest absolute Gasteiger partial charge is 0.383 e. The highest BCUT2D eigenvalue weighted by Gasteiger charge is 1.99. The first-order valence-corrected chi connectivity index (χ1v) is 5.36. The number of aryl methyl sites for hydroxylation is 1. The van der Waals surface area contributed by atoms with Crippen molar-refractivity contribution in [3.63, 3.8) is 0 Å². The number of nitrogens with zero attached hydrogens (tertiary/aromatic N) is 4. The lowest BCUT2D eigenvalue weighted by Gasteiger charge is -2.05. The molecule has 0 saturated carbocycles. The molecule has 0 amide bonds. The summed E-state index contributed by atoms with van der Waals surface area (Å²) in [6, 6.07) is 5.54. The van der Waals surface area contributed by atoms with E-state index in [1.54, 1.807) is 18.5 Å². The fraction of sp³-hybridized carbons (Fsp3) is 0.250. The van der Waals surface area contributed by atoms with Gasteiger partial charge in [0.25, 0.3) is 0 Å². The van der Waals surface area contributed by atoms with Crippen LogP contribution in [0, 0.1) is 11.3 Å². The molecule has 0 radical (unpaired) electrons. The number of rotatable bonds is 4. The maximum absolute atomic E-state index is 8.62. The van der Waals surface area contributed by atoms with Gasteiger partial charge in [-0.15, -0.1) is 0 Å². The van der Waals surface area contributed by atoms with E-state index in [1.807, 2.05) is 29.9 Å². The van der Waals surface area contributed by atoms with E-state index in [-0.39, 0.29) is 0 Å². The molecule has 0 aliphatic carbocycles. The summed E-state index contributed by atoms with van der Waals surface area (Å²) in [5.41, 5.74) is 1.35. The first kappa shape index (κ1) is 11.1. The molecule has 0 spiro atoms. The molecule has 2 aromatic heterocycles. The predicted molar refractivity (Wildman–Crippen MR) is 64.4 cm³/mol. The van der Waals surface area contributed by atoms with Gasteiger partial charge in [0.2, 0.25) is 0 Å². The highest BCUT2D eigenvalue weighted by molar-refractivity contribution is 5.42. The lowest BCUT2D eigenvalue weighted by Crippen LogP contribution is -2.08. The standard InChI is InChI=1S/C12H13N5/c1-17-7-6-15-12(17)4-5-14-11-3-2-10(8-13)16-9-11/h2-3,6-7,9,14H,4-5H2,1H3. The van der Waals surface area contributed by atoms with E-state index in [2.05, 4.69) is 15.3 Å². The summed E-state index contributed by atoms with van der Waals surface area (Å²) in [7, 11) is 1.98. The lowest BCUT2D eigenvalue weighted by molar-refractivity contribution is 0.789. The predicted octanol–water partition coefficient (Wildman–Crippen LogP) is 1.34. The van der Waals surface area contributed by atoms with Crippen LogP contribution in [0.25, 0.3) is 0 Å². The molecule has 0 fully saturated rings. The number of imidazole rings is 1. The molecule has 2 heterocycles. The quantitative estimate of drug-likeness (QED) is 0.856. The Hall–Kier alpha value is -2.35. The van der Waals surface area contributed by atoms with E-state index < -0.39 is 0 Å². The average Bonchev–Trinajstić information content (AvgIpc) is 2.76. The van der Waals surface area contributed by atoms with Crippen LogP contribution in [0.1, 0.15) is 11.5 Å². The maximum Gasteiger partial charge on any atom is 0.140 e. The fourth-order valence-corrected chi connectivity index (χ4v) is 1.52. The van der Waals surface area contributed by atoms with Crippen LogP contribution in [-0.2, 0) is 13.5 Å². The zero-order valence-electron chi connectivity index (χ0n) is 9.59. The summed E-state index contributed by atoms with van der Waals surface area (Å²) in [6.07, 6.45) is 6.23.